The zero-order valence-corrected chi connectivity index (χ0v) is 11.5. The molecule has 102 valence electrons. The number of phenols is 1. The Morgan fingerprint density at radius 2 is 1.75 bits per heavy atom. The topological polar surface area (TPSA) is 23.5 Å². The SMILES string of the molecule is Oc1cccc2c1CC1(C2)CN(Cc2ccccc2)C1. The molecular formula is C18H19NO. The van der Waals surface area contributed by atoms with E-state index in [9.17, 15) is 5.11 Å². The predicted octanol–water partition coefficient (Wildman–Crippen LogP) is 2.99. The molecule has 2 aromatic rings. The van der Waals surface area contributed by atoms with Crippen LogP contribution >= 0.6 is 0 Å². The molecule has 0 amide bonds. The number of fused-ring (bicyclic) bond motifs is 1. The van der Waals surface area contributed by atoms with E-state index >= 15 is 0 Å². The first-order chi connectivity index (χ1) is 9.74. The molecule has 4 rings (SSSR count). The number of aromatic hydroxyl groups is 1. The Balaban J connectivity index is 1.44. The summed E-state index contributed by atoms with van der Waals surface area (Å²) in [5.74, 6) is 0.487. The zero-order valence-electron chi connectivity index (χ0n) is 11.5. The third-order valence-corrected chi connectivity index (χ3v) is 4.73. The summed E-state index contributed by atoms with van der Waals surface area (Å²) in [4.78, 5) is 2.51. The number of hydrogen-bond donors (Lipinski definition) is 1. The van der Waals surface area contributed by atoms with Crippen LogP contribution in [0, 0.1) is 5.41 Å². The van der Waals surface area contributed by atoms with Gasteiger partial charge in [0.2, 0.25) is 0 Å². The molecule has 2 nitrogen and oxygen atoms in total. The predicted molar refractivity (Wildman–Crippen MR) is 79.7 cm³/mol. The van der Waals surface area contributed by atoms with Gasteiger partial charge in [0.25, 0.3) is 0 Å². The fourth-order valence-electron chi connectivity index (χ4n) is 3.91. The van der Waals surface area contributed by atoms with Crippen molar-refractivity contribution in [2.24, 2.45) is 5.41 Å². The van der Waals surface area contributed by atoms with Crippen molar-refractivity contribution in [3.05, 3.63) is 65.2 Å². The van der Waals surface area contributed by atoms with E-state index in [0.717, 1.165) is 32.5 Å². The largest absolute Gasteiger partial charge is 0.508 e. The maximum absolute atomic E-state index is 9.97. The van der Waals surface area contributed by atoms with Gasteiger partial charge in [-0.3, -0.25) is 4.90 Å². The van der Waals surface area contributed by atoms with Crippen LogP contribution in [0.3, 0.4) is 0 Å². The van der Waals surface area contributed by atoms with Gasteiger partial charge in [-0.15, -0.1) is 0 Å². The molecule has 2 heteroatoms. The van der Waals surface area contributed by atoms with E-state index in [2.05, 4.69) is 41.3 Å². The molecule has 0 unspecified atom stereocenters. The molecule has 0 atom stereocenters. The van der Waals surface area contributed by atoms with Crippen molar-refractivity contribution in [3.63, 3.8) is 0 Å². The van der Waals surface area contributed by atoms with Gasteiger partial charge in [-0.25, -0.2) is 0 Å². The van der Waals surface area contributed by atoms with Gasteiger partial charge in [0, 0.05) is 25.0 Å². The summed E-state index contributed by atoms with van der Waals surface area (Å²) in [5.41, 5.74) is 4.31. The molecule has 20 heavy (non-hydrogen) atoms. The number of benzene rings is 2. The van der Waals surface area contributed by atoms with Crippen LogP contribution in [0.1, 0.15) is 16.7 Å². The van der Waals surface area contributed by atoms with E-state index in [1.807, 2.05) is 12.1 Å². The average molecular weight is 265 g/mol. The highest BCUT2D eigenvalue weighted by molar-refractivity contribution is 5.45. The molecule has 0 bridgehead atoms. The zero-order chi connectivity index (χ0) is 13.6. The number of likely N-dealkylation sites (tertiary alicyclic amines) is 1. The van der Waals surface area contributed by atoms with Crippen molar-refractivity contribution in [3.8, 4) is 5.75 Å². The normalized spacial score (nSPS) is 19.8. The van der Waals surface area contributed by atoms with Crippen LogP contribution in [0.5, 0.6) is 5.75 Å². The molecule has 1 N–H and O–H groups in total. The van der Waals surface area contributed by atoms with Crippen molar-refractivity contribution < 1.29 is 5.11 Å². The second kappa shape index (κ2) is 4.35. The van der Waals surface area contributed by atoms with E-state index in [1.165, 1.54) is 16.7 Å². The molecule has 1 saturated heterocycles. The van der Waals surface area contributed by atoms with Crippen LogP contribution in [0.2, 0.25) is 0 Å². The van der Waals surface area contributed by atoms with Gasteiger partial charge in [-0.05, 0) is 35.6 Å². The van der Waals surface area contributed by atoms with E-state index in [-0.39, 0.29) is 0 Å². The summed E-state index contributed by atoms with van der Waals surface area (Å²) < 4.78 is 0. The Morgan fingerprint density at radius 3 is 2.50 bits per heavy atom. The Hall–Kier alpha value is -1.80. The second-order valence-corrected chi connectivity index (χ2v) is 6.40. The summed E-state index contributed by atoms with van der Waals surface area (Å²) in [6.07, 6.45) is 2.17. The summed E-state index contributed by atoms with van der Waals surface area (Å²) in [5, 5.41) is 9.97. The minimum absolute atomic E-state index is 0.385. The molecule has 0 radical (unpaired) electrons. The summed E-state index contributed by atoms with van der Waals surface area (Å²) in [6, 6.07) is 16.6. The van der Waals surface area contributed by atoms with Gasteiger partial charge in [-0.2, -0.15) is 0 Å². The molecule has 2 aliphatic rings. The van der Waals surface area contributed by atoms with Crippen LogP contribution in [0.15, 0.2) is 48.5 Å². The first kappa shape index (κ1) is 12.0. The third-order valence-electron chi connectivity index (χ3n) is 4.73. The molecule has 1 fully saturated rings. The summed E-state index contributed by atoms with van der Waals surface area (Å²) in [6.45, 7) is 3.34. The number of rotatable bonds is 2. The highest BCUT2D eigenvalue weighted by atomic mass is 16.3. The lowest BCUT2D eigenvalue weighted by atomic mass is 9.77. The van der Waals surface area contributed by atoms with Crippen molar-refractivity contribution in [1.82, 2.24) is 4.90 Å². The van der Waals surface area contributed by atoms with Crippen LogP contribution in [0.4, 0.5) is 0 Å². The first-order valence-electron chi connectivity index (χ1n) is 7.30. The Labute approximate surface area is 119 Å². The molecule has 0 saturated carbocycles. The van der Waals surface area contributed by atoms with Gasteiger partial charge in [-0.1, -0.05) is 42.5 Å². The number of nitrogens with zero attached hydrogens (tertiary/aromatic N) is 1. The van der Waals surface area contributed by atoms with E-state index in [0.29, 0.717) is 11.2 Å². The van der Waals surface area contributed by atoms with Gasteiger partial charge >= 0.3 is 0 Å². The Kier molecular flexibility index (Phi) is 2.61. The fraction of sp³-hybridized carbons (Fsp3) is 0.333. The Bertz CT molecular complexity index is 629. The smallest absolute Gasteiger partial charge is 0.119 e. The van der Waals surface area contributed by atoms with Crippen LogP contribution < -0.4 is 0 Å². The highest BCUT2D eigenvalue weighted by Gasteiger charge is 2.47. The molecule has 1 spiro atoms. The summed E-state index contributed by atoms with van der Waals surface area (Å²) in [7, 11) is 0. The van der Waals surface area contributed by atoms with Gasteiger partial charge in [0.15, 0.2) is 0 Å². The lowest BCUT2D eigenvalue weighted by Gasteiger charge is -2.48. The van der Waals surface area contributed by atoms with Gasteiger partial charge in [0.05, 0.1) is 0 Å². The number of phenolic OH excluding ortho intramolecular Hbond substituents is 1. The minimum Gasteiger partial charge on any atom is -0.508 e. The minimum atomic E-state index is 0.385. The van der Waals surface area contributed by atoms with Gasteiger partial charge < -0.3 is 5.11 Å². The van der Waals surface area contributed by atoms with Crippen LogP contribution in [0.25, 0.3) is 0 Å². The van der Waals surface area contributed by atoms with Crippen molar-refractivity contribution in [1.29, 1.82) is 0 Å². The summed E-state index contributed by atoms with van der Waals surface area (Å²) >= 11 is 0. The quantitative estimate of drug-likeness (QED) is 0.902. The molecule has 1 aliphatic carbocycles. The van der Waals surface area contributed by atoms with E-state index in [4.69, 9.17) is 0 Å². The molecule has 0 aromatic heterocycles. The number of hydrogen-bond acceptors (Lipinski definition) is 2. The van der Waals surface area contributed by atoms with Crippen molar-refractivity contribution in [2.75, 3.05) is 13.1 Å². The molecule has 1 heterocycles. The maximum atomic E-state index is 9.97. The fourth-order valence-corrected chi connectivity index (χ4v) is 3.91. The van der Waals surface area contributed by atoms with E-state index in [1.54, 1.807) is 0 Å². The van der Waals surface area contributed by atoms with Crippen LogP contribution in [-0.4, -0.2) is 23.1 Å². The van der Waals surface area contributed by atoms with Crippen LogP contribution in [-0.2, 0) is 19.4 Å². The lowest BCUT2D eigenvalue weighted by molar-refractivity contribution is 0.00225. The van der Waals surface area contributed by atoms with E-state index < -0.39 is 0 Å². The Morgan fingerprint density at radius 1 is 0.950 bits per heavy atom. The second-order valence-electron chi connectivity index (χ2n) is 6.40. The van der Waals surface area contributed by atoms with Crippen molar-refractivity contribution in [2.45, 2.75) is 19.4 Å². The monoisotopic (exact) mass is 265 g/mol. The maximum Gasteiger partial charge on any atom is 0.119 e. The third kappa shape index (κ3) is 1.92. The highest BCUT2D eigenvalue weighted by Crippen LogP contribution is 2.46. The molecular weight excluding hydrogens is 246 g/mol. The average Bonchev–Trinajstić information content (AvgIpc) is 2.80. The molecule has 2 aromatic carbocycles. The molecule has 1 aliphatic heterocycles. The first-order valence-corrected chi connectivity index (χ1v) is 7.30. The van der Waals surface area contributed by atoms with Crippen molar-refractivity contribution >= 4 is 0 Å². The standard InChI is InChI=1S/C18H19NO/c20-17-8-4-7-15-9-18(10-16(15)17)12-19(13-18)11-14-5-2-1-3-6-14/h1-8,20H,9-13H2. The van der Waals surface area contributed by atoms with Gasteiger partial charge in [0.1, 0.15) is 5.75 Å². The lowest BCUT2D eigenvalue weighted by Crippen LogP contribution is -2.56.